The predicted octanol–water partition coefficient (Wildman–Crippen LogP) is 4.17. The fourth-order valence-corrected chi connectivity index (χ4v) is 2.95. The Hall–Kier alpha value is -1.43. The van der Waals surface area contributed by atoms with Crippen molar-refractivity contribution in [2.45, 2.75) is 13.0 Å². The van der Waals surface area contributed by atoms with Gasteiger partial charge < -0.3 is 5.32 Å². The summed E-state index contributed by atoms with van der Waals surface area (Å²) < 4.78 is 13.0. The zero-order chi connectivity index (χ0) is 15.4. The van der Waals surface area contributed by atoms with E-state index in [1.54, 1.807) is 11.3 Å². The molecule has 1 aromatic carbocycles. The third-order valence-electron chi connectivity index (χ3n) is 3.21. The lowest BCUT2D eigenvalue weighted by molar-refractivity contribution is -0.117. The molecule has 0 spiro atoms. The Balaban J connectivity index is 1.95. The van der Waals surface area contributed by atoms with Crippen LogP contribution in [0.15, 0.2) is 35.7 Å². The van der Waals surface area contributed by atoms with Crippen molar-refractivity contribution in [2.24, 2.45) is 0 Å². The van der Waals surface area contributed by atoms with Crippen LogP contribution in [0.25, 0.3) is 0 Å². The monoisotopic (exact) mass is 326 g/mol. The molecular formula is C15H16ClFN2OS. The molecule has 1 aromatic heterocycles. The zero-order valence-corrected chi connectivity index (χ0v) is 13.3. The number of hydrogen-bond acceptors (Lipinski definition) is 3. The fourth-order valence-electron chi connectivity index (χ4n) is 1.89. The van der Waals surface area contributed by atoms with E-state index in [9.17, 15) is 9.18 Å². The number of hydrogen-bond donors (Lipinski definition) is 1. The van der Waals surface area contributed by atoms with Crippen LogP contribution in [0.4, 0.5) is 10.1 Å². The molecule has 1 amide bonds. The first kappa shape index (κ1) is 15.9. The topological polar surface area (TPSA) is 32.3 Å². The van der Waals surface area contributed by atoms with E-state index in [0.29, 0.717) is 5.69 Å². The van der Waals surface area contributed by atoms with Crippen molar-refractivity contribution in [2.75, 3.05) is 18.9 Å². The zero-order valence-electron chi connectivity index (χ0n) is 11.8. The number of nitrogens with zero attached hydrogens (tertiary/aromatic N) is 1. The third-order valence-corrected chi connectivity index (χ3v) is 4.57. The summed E-state index contributed by atoms with van der Waals surface area (Å²) in [6, 6.07) is 8.08. The molecule has 0 radical (unpaired) electrons. The predicted molar refractivity (Wildman–Crippen MR) is 85.4 cm³/mol. The van der Waals surface area contributed by atoms with E-state index in [1.807, 2.05) is 36.4 Å². The van der Waals surface area contributed by atoms with Crippen molar-refractivity contribution < 1.29 is 9.18 Å². The van der Waals surface area contributed by atoms with E-state index in [-0.39, 0.29) is 23.5 Å². The number of rotatable bonds is 5. The summed E-state index contributed by atoms with van der Waals surface area (Å²) in [5.41, 5.74) is 0.417. The van der Waals surface area contributed by atoms with Gasteiger partial charge >= 0.3 is 0 Å². The standard InChI is InChI=1S/C15H16ClFN2OS/c1-10(14-4-3-7-21-14)19(2)9-15(20)18-13-6-5-11(17)8-12(13)16/h3-8,10H,9H2,1-2H3,(H,18,20)/t10-/m0/s1. The molecule has 3 nitrogen and oxygen atoms in total. The second-order valence-corrected chi connectivity index (χ2v) is 6.17. The van der Waals surface area contributed by atoms with Crippen LogP contribution in [0.5, 0.6) is 0 Å². The second kappa shape index (κ2) is 7.02. The largest absolute Gasteiger partial charge is 0.324 e. The lowest BCUT2D eigenvalue weighted by atomic mass is 10.2. The first-order chi connectivity index (χ1) is 9.97. The molecule has 0 bridgehead atoms. The Kier molecular flexibility index (Phi) is 5.33. The Bertz CT molecular complexity index is 618. The highest BCUT2D eigenvalue weighted by molar-refractivity contribution is 7.10. The van der Waals surface area contributed by atoms with Crippen LogP contribution in [-0.2, 0) is 4.79 Å². The number of benzene rings is 1. The summed E-state index contributed by atoms with van der Waals surface area (Å²) >= 11 is 7.55. The van der Waals surface area contributed by atoms with Gasteiger partial charge in [-0.2, -0.15) is 0 Å². The van der Waals surface area contributed by atoms with E-state index < -0.39 is 5.82 Å². The Morgan fingerprint density at radius 2 is 2.24 bits per heavy atom. The number of halogens is 2. The molecule has 2 aromatic rings. The van der Waals surface area contributed by atoms with E-state index in [0.717, 1.165) is 0 Å². The minimum atomic E-state index is -0.429. The normalized spacial score (nSPS) is 12.4. The van der Waals surface area contributed by atoms with Crippen molar-refractivity contribution >= 4 is 34.5 Å². The summed E-state index contributed by atoms with van der Waals surface area (Å²) in [7, 11) is 1.89. The van der Waals surface area contributed by atoms with Crippen LogP contribution in [0, 0.1) is 5.82 Å². The lowest BCUT2D eigenvalue weighted by Crippen LogP contribution is -2.32. The molecule has 0 aliphatic rings. The average molecular weight is 327 g/mol. The fraction of sp³-hybridized carbons (Fsp3) is 0.267. The van der Waals surface area contributed by atoms with Crippen LogP contribution < -0.4 is 5.32 Å². The first-order valence-corrected chi connectivity index (χ1v) is 7.71. The van der Waals surface area contributed by atoms with Gasteiger partial charge in [-0.3, -0.25) is 9.69 Å². The van der Waals surface area contributed by atoms with Gasteiger partial charge in [-0.25, -0.2) is 4.39 Å². The van der Waals surface area contributed by atoms with Crippen LogP contribution >= 0.6 is 22.9 Å². The third kappa shape index (κ3) is 4.27. The molecule has 1 atom stereocenters. The Labute approximate surface area is 132 Å². The van der Waals surface area contributed by atoms with E-state index in [4.69, 9.17) is 11.6 Å². The molecule has 0 unspecified atom stereocenters. The molecule has 6 heteroatoms. The van der Waals surface area contributed by atoms with Gasteiger partial charge in [-0.15, -0.1) is 11.3 Å². The number of anilines is 1. The summed E-state index contributed by atoms with van der Waals surface area (Å²) in [5, 5.41) is 4.90. The van der Waals surface area contributed by atoms with Crippen LogP contribution in [-0.4, -0.2) is 24.4 Å². The van der Waals surface area contributed by atoms with Gasteiger partial charge in [0, 0.05) is 10.9 Å². The van der Waals surface area contributed by atoms with Crippen LogP contribution in [0.2, 0.25) is 5.02 Å². The second-order valence-electron chi connectivity index (χ2n) is 4.78. The number of nitrogens with one attached hydrogen (secondary N) is 1. The van der Waals surface area contributed by atoms with Crippen LogP contribution in [0.3, 0.4) is 0 Å². The Morgan fingerprint density at radius 3 is 2.86 bits per heavy atom. The maximum atomic E-state index is 13.0. The maximum absolute atomic E-state index is 13.0. The molecule has 1 N–H and O–H groups in total. The summed E-state index contributed by atoms with van der Waals surface area (Å²) in [6.45, 7) is 2.27. The molecule has 0 aliphatic carbocycles. The van der Waals surface area contributed by atoms with E-state index in [2.05, 4.69) is 5.32 Å². The minimum absolute atomic E-state index is 0.152. The van der Waals surface area contributed by atoms with E-state index >= 15 is 0 Å². The smallest absolute Gasteiger partial charge is 0.238 e. The molecule has 21 heavy (non-hydrogen) atoms. The molecule has 112 valence electrons. The summed E-state index contributed by atoms with van der Waals surface area (Å²) in [4.78, 5) is 15.2. The van der Waals surface area contributed by atoms with E-state index in [1.165, 1.54) is 23.1 Å². The quantitative estimate of drug-likeness (QED) is 0.894. The SMILES string of the molecule is C[C@@H](c1cccs1)N(C)CC(=O)Nc1ccc(F)cc1Cl. The molecule has 0 saturated carbocycles. The van der Waals surface area contributed by atoms with Gasteiger partial charge in [-0.05, 0) is 43.6 Å². The van der Waals surface area contributed by atoms with Crippen molar-refractivity contribution in [3.05, 3.63) is 51.4 Å². The van der Waals surface area contributed by atoms with Gasteiger partial charge in [0.2, 0.25) is 5.91 Å². The Morgan fingerprint density at radius 1 is 1.48 bits per heavy atom. The number of carbonyl (C=O) groups excluding carboxylic acids is 1. The highest BCUT2D eigenvalue weighted by Gasteiger charge is 2.16. The number of amides is 1. The molecule has 2 rings (SSSR count). The van der Waals surface area contributed by atoms with Crippen molar-refractivity contribution in [3.63, 3.8) is 0 Å². The lowest BCUT2D eigenvalue weighted by Gasteiger charge is -2.23. The summed E-state index contributed by atoms with van der Waals surface area (Å²) in [5.74, 6) is -0.615. The van der Waals surface area contributed by atoms with Crippen molar-refractivity contribution in [1.29, 1.82) is 0 Å². The molecule has 0 fully saturated rings. The molecule has 0 saturated heterocycles. The van der Waals surface area contributed by atoms with Crippen LogP contribution in [0.1, 0.15) is 17.8 Å². The van der Waals surface area contributed by atoms with Gasteiger partial charge in [0.1, 0.15) is 5.82 Å². The van der Waals surface area contributed by atoms with Gasteiger partial charge in [0.15, 0.2) is 0 Å². The van der Waals surface area contributed by atoms with Gasteiger partial charge in [0.05, 0.1) is 17.3 Å². The van der Waals surface area contributed by atoms with Crippen molar-refractivity contribution in [3.8, 4) is 0 Å². The minimum Gasteiger partial charge on any atom is -0.324 e. The van der Waals surface area contributed by atoms with Gasteiger partial charge in [-0.1, -0.05) is 17.7 Å². The number of carbonyl (C=O) groups is 1. The first-order valence-electron chi connectivity index (χ1n) is 6.46. The molecular weight excluding hydrogens is 311 g/mol. The summed E-state index contributed by atoms with van der Waals surface area (Å²) in [6.07, 6.45) is 0. The number of thiophene rings is 1. The average Bonchev–Trinajstić information content (AvgIpc) is 2.95. The maximum Gasteiger partial charge on any atom is 0.238 e. The molecule has 0 aliphatic heterocycles. The number of likely N-dealkylation sites (N-methyl/N-ethyl adjacent to an activating group) is 1. The highest BCUT2D eigenvalue weighted by Crippen LogP contribution is 2.24. The van der Waals surface area contributed by atoms with Gasteiger partial charge in [0.25, 0.3) is 0 Å². The highest BCUT2D eigenvalue weighted by atomic mass is 35.5. The molecule has 1 heterocycles. The van der Waals surface area contributed by atoms with Crippen molar-refractivity contribution in [1.82, 2.24) is 4.90 Å².